The predicted octanol–water partition coefficient (Wildman–Crippen LogP) is 0.136. The van der Waals surface area contributed by atoms with Gasteiger partial charge >= 0.3 is 0 Å². The van der Waals surface area contributed by atoms with Crippen LogP contribution in [0.1, 0.15) is 13.8 Å². The van der Waals surface area contributed by atoms with Crippen LogP contribution in [0.4, 0.5) is 0 Å². The number of rotatable bonds is 1. The van der Waals surface area contributed by atoms with E-state index in [9.17, 15) is 0 Å². The molecule has 0 saturated carbocycles. The molecule has 1 fully saturated rings. The minimum atomic E-state index is 0.740. The topological polar surface area (TPSA) is 27.3 Å². The molecule has 0 aliphatic carbocycles. The monoisotopic (exact) mass is 173 g/mol. The maximum atomic E-state index is 3.36. The molecule has 74 valence electrons. The van der Waals surface area contributed by atoms with Crippen molar-refractivity contribution in [1.82, 2.24) is 15.5 Å². The van der Waals surface area contributed by atoms with Gasteiger partial charge in [-0.25, -0.2) is 0 Å². The van der Waals surface area contributed by atoms with Crippen LogP contribution in [-0.2, 0) is 0 Å². The predicted molar refractivity (Wildman–Crippen MR) is 54.6 cm³/mol. The molecular formula is C9H23N3. The number of likely N-dealkylation sites (N-methyl/N-ethyl adjacent to an activating group) is 1. The molecule has 1 aliphatic rings. The maximum absolute atomic E-state index is 3.36. The van der Waals surface area contributed by atoms with Gasteiger partial charge in [0.1, 0.15) is 0 Å². The van der Waals surface area contributed by atoms with Crippen molar-refractivity contribution in [3.05, 3.63) is 0 Å². The van der Waals surface area contributed by atoms with E-state index in [0.29, 0.717) is 0 Å². The Morgan fingerprint density at radius 2 is 2.08 bits per heavy atom. The van der Waals surface area contributed by atoms with Gasteiger partial charge in [-0.05, 0) is 27.6 Å². The molecule has 1 saturated heterocycles. The number of piperazine rings is 1. The second kappa shape index (κ2) is 7.53. The molecule has 0 radical (unpaired) electrons. The second-order valence-corrected chi connectivity index (χ2v) is 3.18. The summed E-state index contributed by atoms with van der Waals surface area (Å²) in [4.78, 5) is 2.50. The fourth-order valence-electron chi connectivity index (χ4n) is 1.35. The quantitative estimate of drug-likeness (QED) is 0.590. The summed E-state index contributed by atoms with van der Waals surface area (Å²) in [6, 6.07) is 0.740. The third kappa shape index (κ3) is 4.70. The molecule has 1 unspecified atom stereocenters. The summed E-state index contributed by atoms with van der Waals surface area (Å²) in [5, 5.41) is 6.11. The number of nitrogens with zero attached hydrogens (tertiary/aromatic N) is 1. The van der Waals surface area contributed by atoms with Gasteiger partial charge in [0.25, 0.3) is 0 Å². The van der Waals surface area contributed by atoms with Crippen molar-refractivity contribution in [3.8, 4) is 0 Å². The molecule has 1 aliphatic heterocycles. The molecule has 3 heteroatoms. The molecule has 2 N–H and O–H groups in total. The van der Waals surface area contributed by atoms with Crippen LogP contribution in [0.5, 0.6) is 0 Å². The number of hydrogen-bond donors (Lipinski definition) is 2. The summed E-state index contributed by atoms with van der Waals surface area (Å²) >= 11 is 0. The van der Waals surface area contributed by atoms with Crippen LogP contribution in [0.2, 0.25) is 0 Å². The van der Waals surface area contributed by atoms with Crippen LogP contribution >= 0.6 is 0 Å². The van der Waals surface area contributed by atoms with Crippen LogP contribution in [0.25, 0.3) is 0 Å². The Labute approximate surface area is 76.5 Å². The number of nitrogens with one attached hydrogen (secondary N) is 2. The van der Waals surface area contributed by atoms with Crippen molar-refractivity contribution in [2.24, 2.45) is 0 Å². The lowest BCUT2D eigenvalue weighted by Crippen LogP contribution is -2.49. The number of hydrogen-bond acceptors (Lipinski definition) is 3. The lowest BCUT2D eigenvalue weighted by molar-refractivity contribution is 0.183. The average molecular weight is 173 g/mol. The lowest BCUT2D eigenvalue weighted by atomic mass is 10.2. The van der Waals surface area contributed by atoms with Crippen molar-refractivity contribution >= 4 is 0 Å². The second-order valence-electron chi connectivity index (χ2n) is 3.18. The molecule has 0 bridgehead atoms. The Kier molecular flexibility index (Phi) is 7.45. The fraction of sp³-hybridized carbons (Fsp3) is 1.00. The first-order chi connectivity index (χ1) is 5.76. The highest BCUT2D eigenvalue weighted by molar-refractivity contribution is 4.74. The fourth-order valence-corrected chi connectivity index (χ4v) is 1.35. The Hall–Kier alpha value is -0.120. The first-order valence-corrected chi connectivity index (χ1v) is 4.79. The van der Waals surface area contributed by atoms with Gasteiger partial charge in [0.2, 0.25) is 0 Å². The van der Waals surface area contributed by atoms with Gasteiger partial charge in [0.15, 0.2) is 0 Å². The SMILES string of the molecule is CCN1CCNCC1C.CNC. The van der Waals surface area contributed by atoms with Crippen molar-refractivity contribution < 1.29 is 0 Å². The van der Waals surface area contributed by atoms with E-state index in [2.05, 4.69) is 29.4 Å². The highest BCUT2D eigenvalue weighted by Crippen LogP contribution is 1.99. The largest absolute Gasteiger partial charge is 0.323 e. The van der Waals surface area contributed by atoms with Crippen molar-refractivity contribution in [3.63, 3.8) is 0 Å². The summed E-state index contributed by atoms with van der Waals surface area (Å²) in [6.07, 6.45) is 0. The smallest absolute Gasteiger partial charge is 0.0192 e. The molecule has 1 heterocycles. The minimum Gasteiger partial charge on any atom is -0.323 e. The molecule has 0 spiro atoms. The van der Waals surface area contributed by atoms with Gasteiger partial charge in [-0.2, -0.15) is 0 Å². The summed E-state index contributed by atoms with van der Waals surface area (Å²) in [5.41, 5.74) is 0. The first kappa shape index (κ1) is 11.9. The van der Waals surface area contributed by atoms with Crippen molar-refractivity contribution in [2.75, 3.05) is 40.3 Å². The standard InChI is InChI=1S/C7H16N2.C2H7N/c1-3-9-5-4-8-6-7(9)2;1-3-2/h7-8H,3-6H2,1-2H3;3H,1-2H3. The van der Waals surface area contributed by atoms with Crippen LogP contribution in [0, 0.1) is 0 Å². The van der Waals surface area contributed by atoms with Crippen LogP contribution in [0.15, 0.2) is 0 Å². The molecule has 0 aromatic rings. The third-order valence-electron chi connectivity index (χ3n) is 2.05. The first-order valence-electron chi connectivity index (χ1n) is 4.79. The zero-order valence-electron chi connectivity index (χ0n) is 8.85. The van der Waals surface area contributed by atoms with E-state index in [1.165, 1.54) is 13.1 Å². The zero-order valence-corrected chi connectivity index (χ0v) is 8.85. The van der Waals surface area contributed by atoms with Gasteiger partial charge in [0, 0.05) is 25.7 Å². The van der Waals surface area contributed by atoms with Gasteiger partial charge < -0.3 is 10.6 Å². The Morgan fingerprint density at radius 3 is 2.42 bits per heavy atom. The van der Waals surface area contributed by atoms with Gasteiger partial charge in [-0.1, -0.05) is 6.92 Å². The van der Waals surface area contributed by atoms with E-state index < -0.39 is 0 Å². The van der Waals surface area contributed by atoms with Crippen LogP contribution in [-0.4, -0.2) is 51.2 Å². The van der Waals surface area contributed by atoms with E-state index in [-0.39, 0.29) is 0 Å². The van der Waals surface area contributed by atoms with E-state index in [1.807, 2.05) is 14.1 Å². The maximum Gasteiger partial charge on any atom is 0.0192 e. The van der Waals surface area contributed by atoms with Gasteiger partial charge in [0.05, 0.1) is 0 Å². The van der Waals surface area contributed by atoms with Crippen LogP contribution < -0.4 is 10.6 Å². The minimum absolute atomic E-state index is 0.740. The zero-order chi connectivity index (χ0) is 9.40. The summed E-state index contributed by atoms with van der Waals surface area (Å²) in [5.74, 6) is 0. The molecular weight excluding hydrogens is 150 g/mol. The molecule has 1 rings (SSSR count). The molecule has 0 aromatic heterocycles. The molecule has 3 nitrogen and oxygen atoms in total. The van der Waals surface area contributed by atoms with Gasteiger partial charge in [-0.3, -0.25) is 4.90 Å². The molecule has 12 heavy (non-hydrogen) atoms. The normalized spacial score (nSPS) is 24.5. The van der Waals surface area contributed by atoms with Crippen LogP contribution in [0.3, 0.4) is 0 Å². The molecule has 0 aromatic carbocycles. The van der Waals surface area contributed by atoms with E-state index in [4.69, 9.17) is 0 Å². The van der Waals surface area contributed by atoms with Crippen molar-refractivity contribution in [1.29, 1.82) is 0 Å². The molecule has 0 amide bonds. The average Bonchev–Trinajstić information content (AvgIpc) is 2.07. The lowest BCUT2D eigenvalue weighted by Gasteiger charge is -2.32. The summed E-state index contributed by atoms with van der Waals surface area (Å²) in [7, 11) is 3.75. The molecule has 1 atom stereocenters. The summed E-state index contributed by atoms with van der Waals surface area (Å²) < 4.78 is 0. The van der Waals surface area contributed by atoms with Gasteiger partial charge in [-0.15, -0.1) is 0 Å². The summed E-state index contributed by atoms with van der Waals surface area (Å²) in [6.45, 7) is 9.24. The Bertz CT molecular complexity index is 95.8. The van der Waals surface area contributed by atoms with Crippen molar-refractivity contribution in [2.45, 2.75) is 19.9 Å². The van der Waals surface area contributed by atoms with E-state index in [0.717, 1.165) is 19.1 Å². The highest BCUT2D eigenvalue weighted by atomic mass is 15.2. The Balaban J connectivity index is 0.000000354. The van der Waals surface area contributed by atoms with E-state index in [1.54, 1.807) is 0 Å². The highest BCUT2D eigenvalue weighted by Gasteiger charge is 2.14. The third-order valence-corrected chi connectivity index (χ3v) is 2.05. The Morgan fingerprint density at radius 1 is 1.50 bits per heavy atom. The van der Waals surface area contributed by atoms with E-state index >= 15 is 0 Å².